The van der Waals surface area contributed by atoms with E-state index >= 15 is 0 Å². The number of rotatable bonds is 6. The number of anilines is 2. The number of piperazine rings is 1. The first-order valence-electron chi connectivity index (χ1n) is 9.76. The van der Waals surface area contributed by atoms with Crippen molar-refractivity contribution in [3.63, 3.8) is 0 Å². The van der Waals surface area contributed by atoms with Gasteiger partial charge < -0.3 is 16.0 Å². The Kier molecular flexibility index (Phi) is 6.71. The van der Waals surface area contributed by atoms with E-state index in [4.69, 9.17) is 0 Å². The van der Waals surface area contributed by atoms with Gasteiger partial charge in [0, 0.05) is 35.9 Å². The zero-order valence-corrected chi connectivity index (χ0v) is 18.0. The summed E-state index contributed by atoms with van der Waals surface area (Å²) in [6, 6.07) is 12.3. The van der Waals surface area contributed by atoms with Gasteiger partial charge in [0.1, 0.15) is 0 Å². The van der Waals surface area contributed by atoms with Gasteiger partial charge in [0.15, 0.2) is 0 Å². The monoisotopic (exact) mass is 444 g/mol. The normalized spacial score (nSPS) is 14.7. The molecule has 3 N–H and O–H groups in total. The second-order valence-electron chi connectivity index (χ2n) is 7.39. The summed E-state index contributed by atoms with van der Waals surface area (Å²) in [6.45, 7) is 3.74. The van der Waals surface area contributed by atoms with Crippen LogP contribution in [0.1, 0.15) is 24.2 Å². The van der Waals surface area contributed by atoms with Crippen molar-refractivity contribution in [2.45, 2.75) is 18.7 Å². The lowest BCUT2D eigenvalue weighted by Gasteiger charge is -2.26. The largest absolute Gasteiger partial charge is 0.354 e. The number of amides is 3. The van der Waals surface area contributed by atoms with Crippen LogP contribution in [0.15, 0.2) is 53.4 Å². The molecule has 9 nitrogen and oxygen atoms in total. The van der Waals surface area contributed by atoms with Gasteiger partial charge in [0.05, 0.1) is 11.4 Å². The van der Waals surface area contributed by atoms with Crippen LogP contribution in [0.5, 0.6) is 0 Å². The molecule has 3 rings (SSSR count). The van der Waals surface area contributed by atoms with E-state index < -0.39 is 15.9 Å². The SMILES string of the molecule is CC(C)C(=O)Nc1ccc(NC(=O)c2cccc(S(=O)(=O)N3CCNC(=O)C3)c2)cc1. The molecular weight excluding hydrogens is 420 g/mol. The van der Waals surface area contributed by atoms with E-state index in [0.717, 1.165) is 4.31 Å². The van der Waals surface area contributed by atoms with Gasteiger partial charge in [0.25, 0.3) is 5.91 Å². The van der Waals surface area contributed by atoms with Gasteiger partial charge >= 0.3 is 0 Å². The topological polar surface area (TPSA) is 125 Å². The van der Waals surface area contributed by atoms with E-state index in [-0.39, 0.29) is 47.8 Å². The Bertz CT molecular complexity index is 1100. The Balaban J connectivity index is 1.71. The van der Waals surface area contributed by atoms with Crippen LogP contribution >= 0.6 is 0 Å². The highest BCUT2D eigenvalue weighted by molar-refractivity contribution is 7.89. The molecule has 0 aromatic heterocycles. The molecule has 1 heterocycles. The average molecular weight is 445 g/mol. The molecule has 31 heavy (non-hydrogen) atoms. The summed E-state index contributed by atoms with van der Waals surface area (Å²) < 4.78 is 26.7. The lowest BCUT2D eigenvalue weighted by atomic mass is 10.2. The first-order chi connectivity index (χ1) is 14.7. The molecule has 0 bridgehead atoms. The van der Waals surface area contributed by atoms with E-state index in [1.54, 1.807) is 38.1 Å². The Hall–Kier alpha value is -3.24. The summed E-state index contributed by atoms with van der Waals surface area (Å²) in [5, 5.41) is 8.04. The molecule has 1 aliphatic heterocycles. The van der Waals surface area contributed by atoms with Gasteiger partial charge in [-0.3, -0.25) is 14.4 Å². The number of nitrogens with zero attached hydrogens (tertiary/aromatic N) is 1. The van der Waals surface area contributed by atoms with Crippen molar-refractivity contribution < 1.29 is 22.8 Å². The van der Waals surface area contributed by atoms with Crippen LogP contribution in [0, 0.1) is 5.92 Å². The Labute approximate surface area is 180 Å². The van der Waals surface area contributed by atoms with E-state index in [9.17, 15) is 22.8 Å². The van der Waals surface area contributed by atoms with Crippen LogP contribution in [-0.2, 0) is 19.6 Å². The number of carbonyl (C=O) groups is 3. The zero-order valence-electron chi connectivity index (χ0n) is 17.2. The molecule has 2 aromatic carbocycles. The second kappa shape index (κ2) is 9.27. The lowest BCUT2D eigenvalue weighted by Crippen LogP contribution is -2.49. The summed E-state index contributed by atoms with van der Waals surface area (Å²) in [6.07, 6.45) is 0. The molecule has 1 saturated heterocycles. The molecule has 0 aliphatic carbocycles. The molecule has 0 radical (unpaired) electrons. The van der Waals surface area contributed by atoms with Gasteiger partial charge in [-0.15, -0.1) is 0 Å². The predicted molar refractivity (Wildman–Crippen MR) is 116 cm³/mol. The minimum Gasteiger partial charge on any atom is -0.354 e. The summed E-state index contributed by atoms with van der Waals surface area (Å²) in [5.41, 5.74) is 1.27. The van der Waals surface area contributed by atoms with E-state index in [0.29, 0.717) is 11.4 Å². The number of hydrogen-bond acceptors (Lipinski definition) is 5. The Morgan fingerprint density at radius 3 is 2.29 bits per heavy atom. The number of benzene rings is 2. The van der Waals surface area contributed by atoms with E-state index in [1.165, 1.54) is 24.3 Å². The first-order valence-corrected chi connectivity index (χ1v) is 11.2. The summed E-state index contributed by atoms with van der Waals surface area (Å²) in [5.74, 6) is -1.10. The van der Waals surface area contributed by atoms with Crippen molar-refractivity contribution >= 4 is 39.1 Å². The highest BCUT2D eigenvalue weighted by atomic mass is 32.2. The molecule has 1 fully saturated rings. The molecule has 0 unspecified atom stereocenters. The maximum absolute atomic E-state index is 12.8. The standard InChI is InChI=1S/C21H24N4O5S/c1-14(2)20(27)23-16-6-8-17(9-7-16)24-21(28)15-4-3-5-18(12-15)31(29,30)25-11-10-22-19(26)13-25/h3-9,12,14H,10-11,13H2,1-2H3,(H,22,26)(H,23,27)(H,24,28). The molecule has 3 amide bonds. The van der Waals surface area contributed by atoms with Crippen LogP contribution in [0.25, 0.3) is 0 Å². The fraction of sp³-hybridized carbons (Fsp3) is 0.286. The molecule has 0 atom stereocenters. The summed E-state index contributed by atoms with van der Waals surface area (Å²) in [4.78, 5) is 35.9. The molecule has 1 aliphatic rings. The van der Waals surface area contributed by atoms with Crippen LogP contribution < -0.4 is 16.0 Å². The minimum atomic E-state index is -3.90. The fourth-order valence-corrected chi connectivity index (χ4v) is 4.34. The van der Waals surface area contributed by atoms with Crippen molar-refractivity contribution in [1.29, 1.82) is 0 Å². The molecule has 164 valence electrons. The Morgan fingerprint density at radius 2 is 1.68 bits per heavy atom. The van der Waals surface area contributed by atoms with Crippen LogP contribution in [0.4, 0.5) is 11.4 Å². The second-order valence-corrected chi connectivity index (χ2v) is 9.33. The van der Waals surface area contributed by atoms with Gasteiger partial charge in [0.2, 0.25) is 21.8 Å². The van der Waals surface area contributed by atoms with Crippen molar-refractivity contribution in [1.82, 2.24) is 9.62 Å². The number of carbonyl (C=O) groups excluding carboxylic acids is 3. The number of hydrogen-bond donors (Lipinski definition) is 3. The molecule has 0 saturated carbocycles. The van der Waals surface area contributed by atoms with Crippen LogP contribution in [0.2, 0.25) is 0 Å². The third-order valence-corrected chi connectivity index (χ3v) is 6.51. The maximum Gasteiger partial charge on any atom is 0.255 e. The van der Waals surface area contributed by atoms with Crippen LogP contribution in [-0.4, -0.2) is 50.1 Å². The predicted octanol–water partition coefficient (Wildman–Crippen LogP) is 1.65. The average Bonchev–Trinajstić information content (AvgIpc) is 2.75. The van der Waals surface area contributed by atoms with Gasteiger partial charge in [-0.05, 0) is 42.5 Å². The fourth-order valence-electron chi connectivity index (χ4n) is 2.89. The third kappa shape index (κ3) is 5.47. The molecule has 0 spiro atoms. The first kappa shape index (κ1) is 22.4. The van der Waals surface area contributed by atoms with E-state index in [2.05, 4.69) is 16.0 Å². The molecule has 10 heteroatoms. The third-order valence-electron chi connectivity index (χ3n) is 4.67. The van der Waals surface area contributed by atoms with Crippen molar-refractivity contribution in [3.05, 3.63) is 54.1 Å². The van der Waals surface area contributed by atoms with Crippen molar-refractivity contribution in [3.8, 4) is 0 Å². The van der Waals surface area contributed by atoms with Crippen LogP contribution in [0.3, 0.4) is 0 Å². The minimum absolute atomic E-state index is 0.0541. The highest BCUT2D eigenvalue weighted by Crippen LogP contribution is 2.20. The van der Waals surface area contributed by atoms with Gasteiger partial charge in [-0.1, -0.05) is 19.9 Å². The quantitative estimate of drug-likeness (QED) is 0.625. The van der Waals surface area contributed by atoms with Gasteiger partial charge in [-0.25, -0.2) is 8.42 Å². The molecular formula is C21H24N4O5S. The smallest absolute Gasteiger partial charge is 0.255 e. The molecule has 2 aromatic rings. The van der Waals surface area contributed by atoms with E-state index in [1.807, 2.05) is 0 Å². The zero-order chi connectivity index (χ0) is 22.6. The van der Waals surface area contributed by atoms with Crippen molar-refractivity contribution in [2.75, 3.05) is 30.3 Å². The summed E-state index contributed by atoms with van der Waals surface area (Å²) in [7, 11) is -3.90. The van der Waals surface area contributed by atoms with Crippen molar-refractivity contribution in [2.24, 2.45) is 5.92 Å². The maximum atomic E-state index is 12.8. The van der Waals surface area contributed by atoms with Gasteiger partial charge in [-0.2, -0.15) is 4.31 Å². The number of sulfonamides is 1. The number of nitrogens with one attached hydrogen (secondary N) is 3. The highest BCUT2D eigenvalue weighted by Gasteiger charge is 2.29. The summed E-state index contributed by atoms with van der Waals surface area (Å²) >= 11 is 0. The Morgan fingerprint density at radius 1 is 1.03 bits per heavy atom. The lowest BCUT2D eigenvalue weighted by molar-refractivity contribution is -0.122.